The second-order valence-electron chi connectivity index (χ2n) is 4.90. The molecule has 0 unspecified atom stereocenters. The monoisotopic (exact) mass is 357 g/mol. The number of nitrogens with one attached hydrogen (secondary N) is 1. The fourth-order valence-corrected chi connectivity index (χ4v) is 1.91. The topological polar surface area (TPSA) is 83.1 Å². The Bertz CT molecular complexity index is 618. The minimum absolute atomic E-state index is 0.0675. The van der Waals surface area contributed by atoms with Gasteiger partial charge in [0.1, 0.15) is 25.2 Å². The molecule has 0 atom stereocenters. The number of benzene rings is 1. The molecule has 1 aliphatic heterocycles. The Morgan fingerprint density at radius 1 is 1.20 bits per heavy atom. The predicted octanol–water partition coefficient (Wildman–Crippen LogP) is 1.38. The van der Waals surface area contributed by atoms with Crippen LogP contribution in [0.3, 0.4) is 0 Å². The van der Waals surface area contributed by atoms with Gasteiger partial charge in [0.25, 0.3) is 5.91 Å². The second kappa shape index (κ2) is 9.45. The summed E-state index contributed by atoms with van der Waals surface area (Å²) in [5.41, 5.74) is 0.830. The molecule has 25 heavy (non-hydrogen) atoms. The largest absolute Gasteiger partial charge is 0.493 e. The van der Waals surface area contributed by atoms with E-state index in [0.717, 1.165) is 11.8 Å². The zero-order valence-corrected chi connectivity index (χ0v) is 13.2. The molecule has 0 aliphatic carbocycles. The van der Waals surface area contributed by atoms with Crippen molar-refractivity contribution in [2.75, 3.05) is 26.4 Å². The van der Waals surface area contributed by atoms with Crippen LogP contribution in [0, 0.1) is 0 Å². The van der Waals surface area contributed by atoms with Gasteiger partial charge in [0, 0.05) is 6.54 Å². The van der Waals surface area contributed by atoms with Crippen LogP contribution < -0.4 is 10.1 Å². The lowest BCUT2D eigenvalue weighted by molar-refractivity contribution is -0.149. The Hall–Kier alpha value is -2.84. The fourth-order valence-electron chi connectivity index (χ4n) is 1.91. The van der Waals surface area contributed by atoms with Crippen LogP contribution in [-0.2, 0) is 30.2 Å². The van der Waals surface area contributed by atoms with E-state index >= 15 is 0 Å². The van der Waals surface area contributed by atoms with Crippen molar-refractivity contribution in [2.24, 2.45) is 0 Å². The van der Waals surface area contributed by atoms with E-state index in [2.05, 4.69) is 10.1 Å². The second-order valence-corrected chi connectivity index (χ2v) is 4.90. The van der Waals surface area contributed by atoms with E-state index in [1.165, 1.54) is 12.1 Å². The average molecular weight is 357 g/mol. The van der Waals surface area contributed by atoms with Gasteiger partial charge in [0.15, 0.2) is 6.61 Å². The van der Waals surface area contributed by atoms with E-state index in [1.54, 1.807) is 12.1 Å². The summed E-state index contributed by atoms with van der Waals surface area (Å²) >= 11 is 0. The number of hydrogen-bond acceptors (Lipinski definition) is 6. The molecule has 1 aromatic carbocycles. The summed E-state index contributed by atoms with van der Waals surface area (Å²) in [6.45, 7) is -2.41. The molecular weight excluding hydrogens is 340 g/mol. The number of carbonyl (C=O) groups is 2. The van der Waals surface area contributed by atoms with Crippen LogP contribution in [0.5, 0.6) is 5.75 Å². The summed E-state index contributed by atoms with van der Waals surface area (Å²) in [4.78, 5) is 23.2. The van der Waals surface area contributed by atoms with Crippen LogP contribution in [0.15, 0.2) is 36.3 Å². The number of alkyl halides is 2. The summed E-state index contributed by atoms with van der Waals surface area (Å²) in [6.07, 6.45) is 1.63. The van der Waals surface area contributed by atoms with Crippen LogP contribution in [0.25, 0.3) is 0 Å². The SMILES string of the molecule is O=C(COC(=O)C1=COCCO1)NCCc1ccc(OC(F)F)cc1. The third kappa shape index (κ3) is 6.66. The minimum Gasteiger partial charge on any atom is -0.493 e. The molecular formula is C16H17F2NO6. The Kier molecular flexibility index (Phi) is 7.00. The summed E-state index contributed by atoms with van der Waals surface area (Å²) < 4.78 is 43.0. The number of hydrogen-bond donors (Lipinski definition) is 1. The Morgan fingerprint density at radius 3 is 2.60 bits per heavy atom. The lowest BCUT2D eigenvalue weighted by atomic mass is 10.1. The minimum atomic E-state index is -2.87. The predicted molar refractivity (Wildman–Crippen MR) is 80.7 cm³/mol. The number of ether oxygens (including phenoxy) is 4. The fraction of sp³-hybridized carbons (Fsp3) is 0.375. The molecule has 7 nitrogen and oxygen atoms in total. The first-order valence-corrected chi connectivity index (χ1v) is 7.47. The smallest absolute Gasteiger partial charge is 0.387 e. The van der Waals surface area contributed by atoms with Gasteiger partial charge in [0.2, 0.25) is 5.76 Å². The molecule has 1 aliphatic rings. The third-order valence-electron chi connectivity index (χ3n) is 3.07. The van der Waals surface area contributed by atoms with Crippen molar-refractivity contribution in [1.82, 2.24) is 5.32 Å². The number of halogens is 2. The van der Waals surface area contributed by atoms with Crippen LogP contribution >= 0.6 is 0 Å². The number of amides is 1. The molecule has 0 saturated carbocycles. The molecule has 0 aromatic heterocycles. The molecule has 0 saturated heterocycles. The van der Waals surface area contributed by atoms with Crippen molar-refractivity contribution in [2.45, 2.75) is 13.0 Å². The molecule has 2 rings (SSSR count). The van der Waals surface area contributed by atoms with E-state index in [0.29, 0.717) is 19.6 Å². The van der Waals surface area contributed by atoms with Crippen molar-refractivity contribution in [3.05, 3.63) is 41.9 Å². The quantitative estimate of drug-likeness (QED) is 0.708. The zero-order chi connectivity index (χ0) is 18.1. The lowest BCUT2D eigenvalue weighted by Gasteiger charge is -2.14. The molecule has 136 valence electrons. The highest BCUT2D eigenvalue weighted by Gasteiger charge is 2.17. The Labute approximate surface area is 142 Å². The van der Waals surface area contributed by atoms with E-state index in [9.17, 15) is 18.4 Å². The molecule has 0 bridgehead atoms. The highest BCUT2D eigenvalue weighted by Crippen LogP contribution is 2.15. The van der Waals surface area contributed by atoms with Gasteiger partial charge in [-0.05, 0) is 24.1 Å². The first-order valence-electron chi connectivity index (χ1n) is 7.47. The van der Waals surface area contributed by atoms with Crippen LogP contribution in [0.1, 0.15) is 5.56 Å². The summed E-state index contributed by atoms with van der Waals surface area (Å²) in [5, 5.41) is 2.58. The van der Waals surface area contributed by atoms with Crippen molar-refractivity contribution in [3.63, 3.8) is 0 Å². The number of esters is 1. The molecule has 1 amide bonds. The van der Waals surface area contributed by atoms with E-state index in [4.69, 9.17) is 14.2 Å². The first kappa shape index (κ1) is 18.5. The number of carbonyl (C=O) groups excluding carboxylic acids is 2. The van der Waals surface area contributed by atoms with Crippen LogP contribution in [0.4, 0.5) is 8.78 Å². The normalized spacial score (nSPS) is 13.3. The van der Waals surface area contributed by atoms with E-state index < -0.39 is 25.1 Å². The molecule has 0 spiro atoms. The van der Waals surface area contributed by atoms with Crippen LogP contribution in [0.2, 0.25) is 0 Å². The van der Waals surface area contributed by atoms with Crippen molar-refractivity contribution >= 4 is 11.9 Å². The summed E-state index contributed by atoms with van der Waals surface area (Å²) in [7, 11) is 0. The summed E-state index contributed by atoms with van der Waals surface area (Å²) in [6, 6.07) is 6.09. The Morgan fingerprint density at radius 2 is 1.96 bits per heavy atom. The van der Waals surface area contributed by atoms with Gasteiger partial charge in [-0.2, -0.15) is 8.78 Å². The first-order chi connectivity index (χ1) is 12.0. The van der Waals surface area contributed by atoms with Gasteiger partial charge in [-0.1, -0.05) is 12.1 Å². The lowest BCUT2D eigenvalue weighted by Crippen LogP contribution is -2.31. The maximum absolute atomic E-state index is 12.0. The Balaban J connectivity index is 1.64. The van der Waals surface area contributed by atoms with Crippen molar-refractivity contribution in [3.8, 4) is 5.75 Å². The van der Waals surface area contributed by atoms with Crippen molar-refractivity contribution < 1.29 is 37.3 Å². The highest BCUT2D eigenvalue weighted by molar-refractivity contribution is 5.88. The van der Waals surface area contributed by atoms with Gasteiger partial charge >= 0.3 is 12.6 Å². The average Bonchev–Trinajstić information content (AvgIpc) is 2.61. The molecule has 1 heterocycles. The molecule has 1 N–H and O–H groups in total. The maximum Gasteiger partial charge on any atom is 0.387 e. The molecule has 0 radical (unpaired) electrons. The number of rotatable bonds is 8. The summed E-state index contributed by atoms with van der Waals surface area (Å²) in [5.74, 6) is -1.25. The van der Waals surface area contributed by atoms with Gasteiger partial charge in [-0.25, -0.2) is 4.79 Å². The molecule has 1 aromatic rings. The standard InChI is InChI=1S/C16H17F2NO6/c17-16(18)25-12-3-1-11(2-4-12)5-6-19-14(20)10-24-15(21)13-9-22-7-8-23-13/h1-4,9,16H,5-8,10H2,(H,19,20). The third-order valence-corrected chi connectivity index (χ3v) is 3.07. The maximum atomic E-state index is 12.0. The van der Waals surface area contributed by atoms with Gasteiger partial charge in [-0.3, -0.25) is 4.79 Å². The van der Waals surface area contributed by atoms with E-state index in [1.807, 2.05) is 0 Å². The molecule has 9 heteroatoms. The van der Waals surface area contributed by atoms with Crippen LogP contribution in [-0.4, -0.2) is 44.9 Å². The van der Waals surface area contributed by atoms with Gasteiger partial charge < -0.3 is 24.3 Å². The van der Waals surface area contributed by atoms with Gasteiger partial charge in [-0.15, -0.1) is 0 Å². The van der Waals surface area contributed by atoms with E-state index in [-0.39, 0.29) is 18.1 Å². The zero-order valence-electron chi connectivity index (χ0n) is 13.2. The van der Waals surface area contributed by atoms with Gasteiger partial charge in [0.05, 0.1) is 0 Å². The highest BCUT2D eigenvalue weighted by atomic mass is 19.3. The van der Waals surface area contributed by atoms with Crippen molar-refractivity contribution in [1.29, 1.82) is 0 Å². The molecule has 0 fully saturated rings.